The Morgan fingerprint density at radius 1 is 0.958 bits per heavy atom. The van der Waals surface area contributed by atoms with E-state index in [1.54, 1.807) is 0 Å². The van der Waals surface area contributed by atoms with Gasteiger partial charge in [-0.25, -0.2) is 0 Å². The molecule has 0 fully saturated rings. The maximum Gasteiger partial charge on any atom is 0.191 e. The van der Waals surface area contributed by atoms with Crippen molar-refractivity contribution in [2.45, 2.75) is 6.54 Å². The van der Waals surface area contributed by atoms with Crippen molar-refractivity contribution in [2.75, 3.05) is 0 Å². The summed E-state index contributed by atoms with van der Waals surface area (Å²) in [6.07, 6.45) is 0. The fraction of sp³-hybridized carbons (Fsp3) is 0.0556. The van der Waals surface area contributed by atoms with Crippen LogP contribution in [0.25, 0.3) is 11.3 Å². The maximum atomic E-state index is 5.53. The summed E-state index contributed by atoms with van der Waals surface area (Å²) in [7, 11) is 0. The number of benzene rings is 2. The second-order valence-electron chi connectivity index (χ2n) is 5.45. The summed E-state index contributed by atoms with van der Waals surface area (Å²) in [6.45, 7) is 0.540. The van der Waals surface area contributed by atoms with Gasteiger partial charge >= 0.3 is 0 Å². The van der Waals surface area contributed by atoms with Crippen molar-refractivity contribution < 1.29 is 0 Å². The van der Waals surface area contributed by atoms with Crippen LogP contribution < -0.4 is 11.3 Å². The molecule has 3 aromatic rings. The van der Waals surface area contributed by atoms with Gasteiger partial charge in [0.25, 0.3) is 0 Å². The third kappa shape index (κ3) is 2.54. The molecule has 0 aliphatic carbocycles. The fourth-order valence-electron chi connectivity index (χ4n) is 2.71. The van der Waals surface area contributed by atoms with E-state index in [1.807, 2.05) is 71.4 Å². The van der Waals surface area contributed by atoms with Crippen LogP contribution >= 0.6 is 0 Å². The lowest BCUT2D eigenvalue weighted by Gasteiger charge is -2.05. The van der Waals surface area contributed by atoms with E-state index >= 15 is 0 Å². The molecule has 1 aliphatic rings. The van der Waals surface area contributed by atoms with E-state index in [9.17, 15) is 0 Å². The summed E-state index contributed by atoms with van der Waals surface area (Å²) < 4.78 is 1.87. The SMILES string of the molecule is N/N=C1\NN=C(c2ccccc2)Cn2nc(-c3ccccc3)cc21. The van der Waals surface area contributed by atoms with Crippen LogP contribution in [0.1, 0.15) is 11.3 Å². The van der Waals surface area contributed by atoms with Crippen molar-refractivity contribution in [3.8, 4) is 11.3 Å². The molecule has 2 aromatic carbocycles. The molecule has 0 bridgehead atoms. The molecule has 118 valence electrons. The van der Waals surface area contributed by atoms with Gasteiger partial charge in [0.1, 0.15) is 5.69 Å². The summed E-state index contributed by atoms with van der Waals surface area (Å²) in [5.74, 6) is 6.03. The number of nitrogens with zero attached hydrogens (tertiary/aromatic N) is 4. The Bertz CT molecular complexity index is 909. The number of hydrogen-bond acceptors (Lipinski definition) is 4. The number of hydrogen-bond donors (Lipinski definition) is 2. The minimum absolute atomic E-state index is 0.496. The zero-order valence-corrected chi connectivity index (χ0v) is 12.9. The first-order valence-corrected chi connectivity index (χ1v) is 7.64. The molecule has 0 amide bonds. The molecule has 0 saturated carbocycles. The Morgan fingerprint density at radius 2 is 1.62 bits per heavy atom. The van der Waals surface area contributed by atoms with E-state index in [1.165, 1.54) is 0 Å². The molecule has 24 heavy (non-hydrogen) atoms. The molecule has 4 rings (SSSR count). The summed E-state index contributed by atoms with van der Waals surface area (Å²) in [5.41, 5.74) is 7.60. The Kier molecular flexibility index (Phi) is 3.55. The second kappa shape index (κ2) is 6.00. The molecule has 0 saturated heterocycles. The highest BCUT2D eigenvalue weighted by molar-refractivity contribution is 6.05. The van der Waals surface area contributed by atoms with E-state index in [2.05, 4.69) is 15.6 Å². The van der Waals surface area contributed by atoms with Crippen molar-refractivity contribution in [1.82, 2.24) is 15.2 Å². The number of nitrogens with one attached hydrogen (secondary N) is 1. The number of hydrazone groups is 2. The zero-order chi connectivity index (χ0) is 16.4. The van der Waals surface area contributed by atoms with Crippen LogP contribution in [0, 0.1) is 0 Å². The molecule has 0 atom stereocenters. The molecular formula is C18H16N6. The first kappa shape index (κ1) is 14.2. The van der Waals surface area contributed by atoms with Crippen LogP contribution in [0.15, 0.2) is 76.9 Å². The van der Waals surface area contributed by atoms with Crippen LogP contribution in [0.2, 0.25) is 0 Å². The number of fused-ring (bicyclic) bond motifs is 1. The van der Waals surface area contributed by atoms with Gasteiger partial charge in [0.15, 0.2) is 5.84 Å². The Balaban J connectivity index is 1.78. The lowest BCUT2D eigenvalue weighted by Crippen LogP contribution is -2.21. The molecule has 1 aliphatic heterocycles. The Morgan fingerprint density at radius 3 is 2.29 bits per heavy atom. The molecule has 6 heteroatoms. The van der Waals surface area contributed by atoms with Crippen LogP contribution in [-0.2, 0) is 6.54 Å². The lowest BCUT2D eigenvalue weighted by molar-refractivity contribution is 0.723. The molecule has 3 N–H and O–H groups in total. The third-order valence-electron chi connectivity index (χ3n) is 3.92. The van der Waals surface area contributed by atoms with Gasteiger partial charge in [0.2, 0.25) is 0 Å². The molecule has 0 spiro atoms. The van der Waals surface area contributed by atoms with Crippen molar-refractivity contribution in [2.24, 2.45) is 16.0 Å². The first-order valence-electron chi connectivity index (χ1n) is 7.64. The predicted molar refractivity (Wildman–Crippen MR) is 94.5 cm³/mol. The van der Waals surface area contributed by atoms with Crippen LogP contribution in [0.3, 0.4) is 0 Å². The number of amidine groups is 1. The number of nitrogens with two attached hydrogens (primary N) is 1. The van der Waals surface area contributed by atoms with E-state index in [0.29, 0.717) is 12.4 Å². The van der Waals surface area contributed by atoms with Crippen LogP contribution in [0.5, 0.6) is 0 Å². The van der Waals surface area contributed by atoms with Gasteiger partial charge in [-0.2, -0.15) is 15.3 Å². The highest BCUT2D eigenvalue weighted by Gasteiger charge is 2.20. The molecule has 6 nitrogen and oxygen atoms in total. The standard InChI is InChI=1S/C18H16N6/c19-20-18-17-11-15(13-7-3-1-4-8-13)23-24(17)12-16(21-22-18)14-9-5-2-6-10-14/h1-11H,12,19H2,(H,20,22). The van der Waals surface area contributed by atoms with Crippen LogP contribution in [-0.4, -0.2) is 21.3 Å². The summed E-state index contributed by atoms with van der Waals surface area (Å²) >= 11 is 0. The summed E-state index contributed by atoms with van der Waals surface area (Å²) in [4.78, 5) is 0. The summed E-state index contributed by atoms with van der Waals surface area (Å²) in [5, 5.41) is 13.0. The average Bonchev–Trinajstić information content (AvgIpc) is 2.98. The highest BCUT2D eigenvalue weighted by Crippen LogP contribution is 2.20. The Hall–Kier alpha value is -3.41. The van der Waals surface area contributed by atoms with Gasteiger partial charge in [0, 0.05) is 5.56 Å². The van der Waals surface area contributed by atoms with Gasteiger partial charge in [-0.1, -0.05) is 60.7 Å². The fourth-order valence-corrected chi connectivity index (χ4v) is 2.71. The van der Waals surface area contributed by atoms with E-state index in [0.717, 1.165) is 28.2 Å². The lowest BCUT2D eigenvalue weighted by atomic mass is 10.1. The van der Waals surface area contributed by atoms with E-state index in [-0.39, 0.29) is 0 Å². The molecular weight excluding hydrogens is 300 g/mol. The third-order valence-corrected chi connectivity index (χ3v) is 3.92. The zero-order valence-electron chi connectivity index (χ0n) is 12.9. The average molecular weight is 316 g/mol. The van der Waals surface area contributed by atoms with Gasteiger partial charge in [0.05, 0.1) is 18.0 Å². The second-order valence-corrected chi connectivity index (χ2v) is 5.45. The Labute approximate surface area is 139 Å². The first-order chi connectivity index (χ1) is 11.8. The van der Waals surface area contributed by atoms with Gasteiger partial charge in [-0.3, -0.25) is 10.1 Å². The van der Waals surface area contributed by atoms with Crippen molar-refractivity contribution >= 4 is 11.5 Å². The van der Waals surface area contributed by atoms with Crippen LogP contribution in [0.4, 0.5) is 0 Å². The smallest absolute Gasteiger partial charge is 0.191 e. The van der Waals surface area contributed by atoms with Gasteiger partial charge in [-0.15, -0.1) is 0 Å². The minimum atomic E-state index is 0.496. The number of rotatable bonds is 2. The maximum absolute atomic E-state index is 5.53. The summed E-state index contributed by atoms with van der Waals surface area (Å²) in [6, 6.07) is 22.0. The van der Waals surface area contributed by atoms with Gasteiger partial charge in [-0.05, 0) is 11.6 Å². The largest absolute Gasteiger partial charge is 0.321 e. The molecule has 1 aromatic heterocycles. The van der Waals surface area contributed by atoms with E-state index < -0.39 is 0 Å². The topological polar surface area (TPSA) is 80.6 Å². The quantitative estimate of drug-likeness (QED) is 0.562. The molecule has 0 radical (unpaired) electrons. The number of aromatic nitrogens is 2. The normalized spacial score (nSPS) is 15.3. The van der Waals surface area contributed by atoms with Crippen molar-refractivity contribution in [1.29, 1.82) is 0 Å². The highest BCUT2D eigenvalue weighted by atomic mass is 15.4. The van der Waals surface area contributed by atoms with Crippen molar-refractivity contribution in [3.05, 3.63) is 78.0 Å². The monoisotopic (exact) mass is 316 g/mol. The predicted octanol–water partition coefficient (Wildman–Crippen LogP) is 2.18. The van der Waals surface area contributed by atoms with Gasteiger partial charge < -0.3 is 5.84 Å². The molecule has 2 heterocycles. The minimum Gasteiger partial charge on any atom is -0.321 e. The molecule has 0 unspecified atom stereocenters. The van der Waals surface area contributed by atoms with Crippen molar-refractivity contribution in [3.63, 3.8) is 0 Å². The van der Waals surface area contributed by atoms with E-state index in [4.69, 9.17) is 10.9 Å².